The Morgan fingerprint density at radius 1 is 1.14 bits per heavy atom. The minimum absolute atomic E-state index is 0.0304. The number of nitrogens with zero attached hydrogens (tertiary/aromatic N) is 1. The van der Waals surface area contributed by atoms with Crippen LogP contribution in [-0.2, 0) is 19.1 Å². The van der Waals surface area contributed by atoms with Gasteiger partial charge < -0.3 is 4.74 Å². The lowest BCUT2D eigenvalue weighted by atomic mass is 10.2. The van der Waals surface area contributed by atoms with E-state index in [0.717, 1.165) is 4.90 Å². The van der Waals surface area contributed by atoms with E-state index in [1.54, 1.807) is 31.2 Å². The molecule has 1 aliphatic rings. The molecular weight excluding hydrogens is 270 g/mol. The van der Waals surface area contributed by atoms with Crippen LogP contribution in [0.15, 0.2) is 36.4 Å². The maximum absolute atomic E-state index is 11.5. The first-order chi connectivity index (χ1) is 10.1. The fraction of sp³-hybridized carbons (Fsp3) is 0.188. The van der Waals surface area contributed by atoms with Gasteiger partial charge in [-0.05, 0) is 31.2 Å². The third-order valence-electron chi connectivity index (χ3n) is 2.71. The summed E-state index contributed by atoms with van der Waals surface area (Å²) < 4.78 is 4.76. The highest BCUT2D eigenvalue weighted by molar-refractivity contribution is 6.28. The highest BCUT2D eigenvalue weighted by atomic mass is 16.5. The van der Waals surface area contributed by atoms with Crippen LogP contribution >= 0.6 is 0 Å². The van der Waals surface area contributed by atoms with Gasteiger partial charge in [-0.3, -0.25) is 14.4 Å². The lowest BCUT2D eigenvalue weighted by Gasteiger charge is -2.13. The van der Waals surface area contributed by atoms with Crippen LogP contribution in [-0.4, -0.2) is 24.4 Å². The number of benzene rings is 1. The van der Waals surface area contributed by atoms with Crippen molar-refractivity contribution in [2.45, 2.75) is 13.3 Å². The molecule has 1 heterocycles. The Morgan fingerprint density at radius 2 is 1.76 bits per heavy atom. The molecule has 0 saturated heterocycles. The number of ether oxygens (including phenoxy) is 1. The Hall–Kier alpha value is -2.87. The van der Waals surface area contributed by atoms with Gasteiger partial charge in [0.05, 0.1) is 12.3 Å². The average molecular weight is 283 g/mol. The van der Waals surface area contributed by atoms with E-state index in [9.17, 15) is 14.4 Å². The van der Waals surface area contributed by atoms with E-state index in [-0.39, 0.29) is 24.2 Å². The fourth-order valence-corrected chi connectivity index (χ4v) is 1.78. The van der Waals surface area contributed by atoms with Crippen molar-refractivity contribution in [3.8, 4) is 11.8 Å². The second kappa shape index (κ2) is 6.53. The fourth-order valence-electron chi connectivity index (χ4n) is 1.78. The molecule has 0 radical (unpaired) electrons. The van der Waals surface area contributed by atoms with E-state index < -0.39 is 0 Å². The topological polar surface area (TPSA) is 63.7 Å². The van der Waals surface area contributed by atoms with Crippen molar-refractivity contribution in [2.24, 2.45) is 0 Å². The van der Waals surface area contributed by atoms with E-state index in [2.05, 4.69) is 11.8 Å². The molecule has 0 unspecified atom stereocenters. The molecule has 1 aliphatic heterocycles. The predicted octanol–water partition coefficient (Wildman–Crippen LogP) is 1.42. The van der Waals surface area contributed by atoms with Gasteiger partial charge in [0, 0.05) is 17.7 Å². The second-order valence-electron chi connectivity index (χ2n) is 4.18. The zero-order valence-corrected chi connectivity index (χ0v) is 11.5. The summed E-state index contributed by atoms with van der Waals surface area (Å²) >= 11 is 0. The van der Waals surface area contributed by atoms with Crippen LogP contribution < -0.4 is 4.90 Å². The van der Waals surface area contributed by atoms with Gasteiger partial charge in [-0.1, -0.05) is 11.8 Å². The van der Waals surface area contributed by atoms with Gasteiger partial charge in [0.1, 0.15) is 6.42 Å². The van der Waals surface area contributed by atoms with E-state index in [1.807, 2.05) is 0 Å². The first kappa shape index (κ1) is 14.5. The van der Waals surface area contributed by atoms with Crippen LogP contribution in [0.1, 0.15) is 18.9 Å². The summed E-state index contributed by atoms with van der Waals surface area (Å²) in [7, 11) is 0. The third-order valence-corrected chi connectivity index (χ3v) is 2.71. The number of anilines is 1. The van der Waals surface area contributed by atoms with Gasteiger partial charge in [-0.15, -0.1) is 0 Å². The third kappa shape index (κ3) is 3.57. The summed E-state index contributed by atoms with van der Waals surface area (Å²) in [6, 6.07) is 6.65. The SMILES string of the molecule is CCOC(=O)CC#Cc1ccc(N2C(=O)C=CC2=O)cc1. The molecule has 0 aliphatic carbocycles. The quantitative estimate of drug-likeness (QED) is 0.478. The highest BCUT2D eigenvalue weighted by Gasteiger charge is 2.24. The first-order valence-corrected chi connectivity index (χ1v) is 6.42. The summed E-state index contributed by atoms with van der Waals surface area (Å²) in [4.78, 5) is 35.2. The Morgan fingerprint density at radius 3 is 2.33 bits per heavy atom. The van der Waals surface area contributed by atoms with E-state index in [0.29, 0.717) is 17.9 Å². The first-order valence-electron chi connectivity index (χ1n) is 6.42. The summed E-state index contributed by atoms with van der Waals surface area (Å²) in [6.45, 7) is 2.07. The number of imide groups is 1. The summed E-state index contributed by atoms with van der Waals surface area (Å²) in [6.07, 6.45) is 2.49. The van der Waals surface area contributed by atoms with Gasteiger partial charge in [0.2, 0.25) is 0 Å². The summed E-state index contributed by atoms with van der Waals surface area (Å²) in [5, 5.41) is 0. The van der Waals surface area contributed by atoms with Crippen LogP contribution in [0, 0.1) is 11.8 Å². The monoisotopic (exact) mass is 283 g/mol. The molecule has 21 heavy (non-hydrogen) atoms. The molecule has 5 heteroatoms. The lowest BCUT2D eigenvalue weighted by Crippen LogP contribution is -2.29. The van der Waals surface area contributed by atoms with Gasteiger partial charge in [-0.25, -0.2) is 4.90 Å². The largest absolute Gasteiger partial charge is 0.465 e. The molecule has 0 fully saturated rings. The van der Waals surface area contributed by atoms with Crippen molar-refractivity contribution in [2.75, 3.05) is 11.5 Å². The van der Waals surface area contributed by atoms with Gasteiger partial charge in [-0.2, -0.15) is 0 Å². The molecule has 0 atom stereocenters. The van der Waals surface area contributed by atoms with E-state index >= 15 is 0 Å². The summed E-state index contributed by atoms with van der Waals surface area (Å²) in [5.74, 6) is 4.45. The molecule has 2 amide bonds. The molecule has 2 rings (SSSR count). The van der Waals surface area contributed by atoms with Gasteiger partial charge in [0.25, 0.3) is 11.8 Å². The van der Waals surface area contributed by atoms with Crippen LogP contribution in [0.25, 0.3) is 0 Å². The highest BCUT2D eigenvalue weighted by Crippen LogP contribution is 2.19. The summed E-state index contributed by atoms with van der Waals surface area (Å²) in [5.41, 5.74) is 1.18. The molecule has 1 aromatic rings. The molecule has 106 valence electrons. The van der Waals surface area contributed by atoms with Crippen LogP contribution in [0.4, 0.5) is 5.69 Å². The van der Waals surface area contributed by atoms with Crippen molar-refractivity contribution >= 4 is 23.5 Å². The molecule has 0 saturated carbocycles. The molecular formula is C16H13NO4. The number of amides is 2. The molecule has 0 bridgehead atoms. The number of hydrogen-bond acceptors (Lipinski definition) is 4. The number of carbonyl (C=O) groups is 3. The average Bonchev–Trinajstić information content (AvgIpc) is 2.79. The zero-order valence-electron chi connectivity index (χ0n) is 11.5. The zero-order chi connectivity index (χ0) is 15.2. The van der Waals surface area contributed by atoms with Crippen molar-refractivity contribution in [3.05, 3.63) is 42.0 Å². The van der Waals surface area contributed by atoms with Crippen molar-refractivity contribution < 1.29 is 19.1 Å². The Bertz CT molecular complexity index is 644. The number of carbonyl (C=O) groups excluding carboxylic acids is 3. The van der Waals surface area contributed by atoms with Gasteiger partial charge >= 0.3 is 5.97 Å². The molecule has 0 aromatic heterocycles. The normalized spacial score (nSPS) is 13.1. The maximum Gasteiger partial charge on any atom is 0.317 e. The lowest BCUT2D eigenvalue weighted by molar-refractivity contribution is -0.141. The van der Waals surface area contributed by atoms with E-state index in [1.165, 1.54) is 12.2 Å². The standard InChI is InChI=1S/C16H13NO4/c1-2-21-16(20)5-3-4-12-6-8-13(9-7-12)17-14(18)10-11-15(17)19/h6-11H,2,5H2,1H3. The van der Waals surface area contributed by atoms with Crippen molar-refractivity contribution in [1.29, 1.82) is 0 Å². The Kier molecular flexibility index (Phi) is 4.52. The van der Waals surface area contributed by atoms with Crippen molar-refractivity contribution in [3.63, 3.8) is 0 Å². The van der Waals surface area contributed by atoms with Crippen LogP contribution in [0.5, 0.6) is 0 Å². The minimum Gasteiger partial charge on any atom is -0.465 e. The molecule has 0 spiro atoms. The van der Waals surface area contributed by atoms with Crippen LogP contribution in [0.3, 0.4) is 0 Å². The minimum atomic E-state index is -0.360. The maximum atomic E-state index is 11.5. The Labute approximate surface area is 122 Å². The smallest absolute Gasteiger partial charge is 0.317 e. The number of rotatable bonds is 3. The van der Waals surface area contributed by atoms with Crippen LogP contribution in [0.2, 0.25) is 0 Å². The molecule has 5 nitrogen and oxygen atoms in total. The number of hydrogen-bond donors (Lipinski definition) is 0. The number of esters is 1. The van der Waals surface area contributed by atoms with Gasteiger partial charge in [0.15, 0.2) is 0 Å². The van der Waals surface area contributed by atoms with Crippen molar-refractivity contribution in [1.82, 2.24) is 0 Å². The Balaban J connectivity index is 2.03. The molecule has 1 aromatic carbocycles. The molecule has 0 N–H and O–H groups in total. The van der Waals surface area contributed by atoms with E-state index in [4.69, 9.17) is 4.74 Å². The second-order valence-corrected chi connectivity index (χ2v) is 4.18. The predicted molar refractivity (Wildman–Crippen MR) is 76.2 cm³/mol.